The van der Waals surface area contributed by atoms with Crippen molar-refractivity contribution >= 4 is 21.4 Å². The molecule has 0 nitrogen and oxygen atoms in total. The standard InChI is InChI=1S/C9H7FS.C2H6/c1-6-5-11-9-7(6)3-2-4-8(9)10;1-2/h2-5H,1H3;1-2H3. The average Bonchev–Trinajstić information content (AvgIpc) is 2.53. The van der Waals surface area contributed by atoms with Crippen LogP contribution in [0.4, 0.5) is 4.39 Å². The first-order chi connectivity index (χ1) is 6.29. The van der Waals surface area contributed by atoms with Crippen molar-refractivity contribution in [3.8, 4) is 0 Å². The molecule has 1 aromatic carbocycles. The van der Waals surface area contributed by atoms with Gasteiger partial charge in [-0.25, -0.2) is 4.39 Å². The van der Waals surface area contributed by atoms with Gasteiger partial charge in [-0.1, -0.05) is 26.0 Å². The summed E-state index contributed by atoms with van der Waals surface area (Å²) in [5.74, 6) is -0.111. The van der Waals surface area contributed by atoms with E-state index in [1.807, 2.05) is 32.2 Å². The number of aryl methyl sites for hydroxylation is 1. The molecule has 0 saturated carbocycles. The van der Waals surface area contributed by atoms with Gasteiger partial charge in [0.1, 0.15) is 5.82 Å². The van der Waals surface area contributed by atoms with Gasteiger partial charge in [0, 0.05) is 0 Å². The maximum Gasteiger partial charge on any atom is 0.140 e. The van der Waals surface area contributed by atoms with Gasteiger partial charge in [-0.05, 0) is 29.3 Å². The van der Waals surface area contributed by atoms with Crippen LogP contribution in [0.1, 0.15) is 19.4 Å². The summed E-state index contributed by atoms with van der Waals surface area (Å²) in [6.45, 7) is 6.00. The molecule has 1 aromatic heterocycles. The summed E-state index contributed by atoms with van der Waals surface area (Å²) in [7, 11) is 0. The third-order valence-corrected chi connectivity index (χ3v) is 2.87. The minimum Gasteiger partial charge on any atom is -0.205 e. The largest absolute Gasteiger partial charge is 0.205 e. The number of rotatable bonds is 0. The highest BCUT2D eigenvalue weighted by molar-refractivity contribution is 7.17. The van der Waals surface area contributed by atoms with E-state index in [1.165, 1.54) is 17.4 Å². The molecule has 13 heavy (non-hydrogen) atoms. The third-order valence-electron chi connectivity index (χ3n) is 1.75. The molecule has 70 valence electrons. The summed E-state index contributed by atoms with van der Waals surface area (Å²) in [6.07, 6.45) is 0. The Balaban J connectivity index is 0.000000396. The Morgan fingerprint density at radius 1 is 1.23 bits per heavy atom. The van der Waals surface area contributed by atoms with Crippen LogP contribution in [-0.4, -0.2) is 0 Å². The molecule has 2 heteroatoms. The summed E-state index contributed by atoms with van der Waals surface area (Å²) in [6, 6.07) is 5.19. The predicted octanol–water partition coefficient (Wildman–Crippen LogP) is 4.38. The number of hydrogen-bond donors (Lipinski definition) is 0. The fraction of sp³-hybridized carbons (Fsp3) is 0.273. The van der Waals surface area contributed by atoms with Gasteiger partial charge in [-0.3, -0.25) is 0 Å². The fourth-order valence-electron chi connectivity index (χ4n) is 1.15. The highest BCUT2D eigenvalue weighted by Crippen LogP contribution is 2.27. The second kappa shape index (κ2) is 4.38. The molecule has 0 unspecified atom stereocenters. The lowest BCUT2D eigenvalue weighted by atomic mass is 10.2. The van der Waals surface area contributed by atoms with Gasteiger partial charge in [-0.15, -0.1) is 11.3 Å². The van der Waals surface area contributed by atoms with Gasteiger partial charge in [0.05, 0.1) is 4.70 Å². The molecule has 0 radical (unpaired) electrons. The van der Waals surface area contributed by atoms with E-state index in [0.29, 0.717) is 0 Å². The lowest BCUT2D eigenvalue weighted by Crippen LogP contribution is -1.72. The number of fused-ring (bicyclic) bond motifs is 1. The van der Waals surface area contributed by atoms with E-state index in [0.717, 1.165) is 15.6 Å². The van der Waals surface area contributed by atoms with E-state index >= 15 is 0 Å². The molecular formula is C11H13FS. The van der Waals surface area contributed by atoms with Gasteiger partial charge in [0.25, 0.3) is 0 Å². The minimum atomic E-state index is -0.111. The van der Waals surface area contributed by atoms with Crippen LogP contribution >= 0.6 is 11.3 Å². The summed E-state index contributed by atoms with van der Waals surface area (Å²) in [5, 5.41) is 3.02. The topological polar surface area (TPSA) is 0 Å². The maximum atomic E-state index is 13.0. The highest BCUT2D eigenvalue weighted by Gasteiger charge is 2.02. The van der Waals surface area contributed by atoms with E-state index in [1.54, 1.807) is 6.07 Å². The van der Waals surface area contributed by atoms with Crippen molar-refractivity contribution in [3.05, 3.63) is 35.0 Å². The molecule has 0 aliphatic carbocycles. The summed E-state index contributed by atoms with van der Waals surface area (Å²) < 4.78 is 13.8. The van der Waals surface area contributed by atoms with Crippen molar-refractivity contribution in [2.75, 3.05) is 0 Å². The van der Waals surface area contributed by atoms with Crippen LogP contribution in [0.15, 0.2) is 23.6 Å². The van der Waals surface area contributed by atoms with Crippen molar-refractivity contribution in [1.29, 1.82) is 0 Å². The number of thiophene rings is 1. The molecule has 0 aliphatic rings. The first-order valence-electron chi connectivity index (χ1n) is 4.41. The molecule has 0 spiro atoms. The summed E-state index contributed by atoms with van der Waals surface area (Å²) in [5.41, 5.74) is 1.16. The zero-order valence-electron chi connectivity index (χ0n) is 8.10. The third kappa shape index (κ3) is 1.89. The molecule has 0 N–H and O–H groups in total. The van der Waals surface area contributed by atoms with Gasteiger partial charge in [-0.2, -0.15) is 0 Å². The molecule has 0 bridgehead atoms. The molecule has 2 aromatic rings. The van der Waals surface area contributed by atoms with Crippen molar-refractivity contribution < 1.29 is 4.39 Å². The van der Waals surface area contributed by atoms with Crippen LogP contribution in [0.5, 0.6) is 0 Å². The second-order valence-corrected chi connectivity index (χ2v) is 3.41. The van der Waals surface area contributed by atoms with E-state index in [2.05, 4.69) is 0 Å². The van der Waals surface area contributed by atoms with E-state index in [9.17, 15) is 4.39 Å². The molecule has 0 aliphatic heterocycles. The van der Waals surface area contributed by atoms with E-state index < -0.39 is 0 Å². The summed E-state index contributed by atoms with van der Waals surface area (Å²) in [4.78, 5) is 0. The first-order valence-corrected chi connectivity index (χ1v) is 5.29. The normalized spacial score (nSPS) is 9.54. The van der Waals surface area contributed by atoms with Crippen molar-refractivity contribution in [3.63, 3.8) is 0 Å². The Kier molecular flexibility index (Phi) is 3.43. The highest BCUT2D eigenvalue weighted by atomic mass is 32.1. The lowest BCUT2D eigenvalue weighted by Gasteiger charge is -1.90. The van der Waals surface area contributed by atoms with Crippen LogP contribution in [-0.2, 0) is 0 Å². The van der Waals surface area contributed by atoms with E-state index in [4.69, 9.17) is 0 Å². The number of benzene rings is 1. The van der Waals surface area contributed by atoms with Crippen LogP contribution in [0.3, 0.4) is 0 Å². The van der Waals surface area contributed by atoms with Crippen LogP contribution < -0.4 is 0 Å². The molecule has 0 saturated heterocycles. The molecular weight excluding hydrogens is 183 g/mol. The number of halogens is 1. The molecule has 0 atom stereocenters. The van der Waals surface area contributed by atoms with Gasteiger partial charge >= 0.3 is 0 Å². The smallest absolute Gasteiger partial charge is 0.140 e. The van der Waals surface area contributed by atoms with Crippen molar-refractivity contribution in [2.24, 2.45) is 0 Å². The summed E-state index contributed by atoms with van der Waals surface area (Å²) >= 11 is 1.47. The predicted molar refractivity (Wildman–Crippen MR) is 57.9 cm³/mol. The van der Waals surface area contributed by atoms with Gasteiger partial charge in [0.2, 0.25) is 0 Å². The number of hydrogen-bond acceptors (Lipinski definition) is 1. The monoisotopic (exact) mass is 196 g/mol. The Morgan fingerprint density at radius 3 is 2.54 bits per heavy atom. The van der Waals surface area contributed by atoms with Gasteiger partial charge < -0.3 is 0 Å². The molecule has 2 rings (SSSR count). The van der Waals surface area contributed by atoms with Crippen LogP contribution in [0.2, 0.25) is 0 Å². The zero-order chi connectivity index (χ0) is 9.84. The van der Waals surface area contributed by atoms with Gasteiger partial charge in [0.15, 0.2) is 0 Å². The lowest BCUT2D eigenvalue weighted by molar-refractivity contribution is 0.641. The SMILES string of the molecule is CC.Cc1csc2c(F)cccc12. The zero-order valence-corrected chi connectivity index (χ0v) is 8.91. The van der Waals surface area contributed by atoms with Crippen molar-refractivity contribution in [2.45, 2.75) is 20.8 Å². The molecule has 0 amide bonds. The molecule has 1 heterocycles. The Morgan fingerprint density at radius 2 is 1.92 bits per heavy atom. The second-order valence-electron chi connectivity index (χ2n) is 2.54. The minimum absolute atomic E-state index is 0.111. The van der Waals surface area contributed by atoms with Crippen molar-refractivity contribution in [1.82, 2.24) is 0 Å². The first kappa shape index (κ1) is 10.2. The van der Waals surface area contributed by atoms with E-state index in [-0.39, 0.29) is 5.82 Å². The quantitative estimate of drug-likeness (QED) is 0.586. The average molecular weight is 196 g/mol. The molecule has 0 fully saturated rings. The Hall–Kier alpha value is -0.890. The Bertz CT molecular complexity index is 390. The van der Waals surface area contributed by atoms with Crippen LogP contribution in [0, 0.1) is 12.7 Å². The maximum absolute atomic E-state index is 13.0. The fourth-order valence-corrected chi connectivity index (χ4v) is 2.11. The van der Waals surface area contributed by atoms with Crippen LogP contribution in [0.25, 0.3) is 10.1 Å². The Labute approximate surface area is 82.0 Å².